The fraction of sp³-hybridized carbons (Fsp3) is 0.276. The fourth-order valence-corrected chi connectivity index (χ4v) is 4.69. The second-order valence-electron chi connectivity index (χ2n) is 9.22. The summed E-state index contributed by atoms with van der Waals surface area (Å²) in [5.41, 5.74) is 5.30. The van der Waals surface area contributed by atoms with Crippen LogP contribution < -0.4 is 10.6 Å². The van der Waals surface area contributed by atoms with E-state index in [1.807, 2.05) is 42.5 Å². The smallest absolute Gasteiger partial charge is 0.356 e. The number of hydrogen-bond acceptors (Lipinski definition) is 6. The number of methoxy groups -OCH3 is 1. The maximum atomic E-state index is 13.1. The summed E-state index contributed by atoms with van der Waals surface area (Å²) in [6.45, 7) is 3.61. The molecule has 1 amide bonds. The van der Waals surface area contributed by atoms with Crippen LogP contribution in [0.5, 0.6) is 0 Å². The van der Waals surface area contributed by atoms with Crippen LogP contribution in [0.4, 0.5) is 11.4 Å². The van der Waals surface area contributed by atoms with E-state index in [1.165, 1.54) is 12.7 Å². The lowest BCUT2D eigenvalue weighted by Crippen LogP contribution is -2.28. The average Bonchev–Trinajstić information content (AvgIpc) is 3.55. The molecule has 4 aromatic rings. The maximum Gasteiger partial charge on any atom is 0.356 e. The van der Waals surface area contributed by atoms with Crippen LogP contribution in [-0.2, 0) is 27.4 Å². The highest BCUT2D eigenvalue weighted by atomic mass is 16.5. The zero-order valence-electron chi connectivity index (χ0n) is 21.0. The largest absolute Gasteiger partial charge is 0.464 e. The van der Waals surface area contributed by atoms with Crippen molar-refractivity contribution in [3.63, 3.8) is 0 Å². The van der Waals surface area contributed by atoms with Crippen LogP contribution in [-0.4, -0.2) is 41.2 Å². The lowest BCUT2D eigenvalue weighted by atomic mass is 10.1. The molecule has 0 radical (unpaired) electrons. The number of aromatic nitrogens is 2. The molecule has 3 heterocycles. The van der Waals surface area contributed by atoms with Crippen molar-refractivity contribution in [2.45, 2.75) is 39.0 Å². The van der Waals surface area contributed by atoms with Crippen LogP contribution in [0.3, 0.4) is 0 Å². The zero-order chi connectivity index (χ0) is 25.8. The monoisotopic (exact) mass is 498 g/mol. The van der Waals surface area contributed by atoms with Crippen molar-refractivity contribution in [3.05, 3.63) is 89.2 Å². The van der Waals surface area contributed by atoms with E-state index < -0.39 is 12.1 Å². The van der Waals surface area contributed by atoms with Crippen LogP contribution in [0.1, 0.15) is 40.0 Å². The van der Waals surface area contributed by atoms with E-state index in [1.54, 1.807) is 10.8 Å². The number of hydrogen-bond donors (Lipinski definition) is 2. The maximum absolute atomic E-state index is 13.1. The molecular weight excluding hydrogens is 468 g/mol. The standard InChI is InChI=1S/C29H30N4O4/c1-19-8-6-11-21(14-19)16-30-22-15-23-25(32-28(34)24-12-7-13-37-24)26(29(35)36-2)33(27(23)31-17-22)18-20-9-4-3-5-10-20/h3-6,8-11,14-15,17,24,30H,7,12-13,16,18H2,1-2H3,(H,32,34). The number of pyridine rings is 1. The first-order valence-electron chi connectivity index (χ1n) is 12.4. The number of nitrogens with one attached hydrogen (secondary N) is 2. The van der Waals surface area contributed by atoms with E-state index in [-0.39, 0.29) is 11.6 Å². The Morgan fingerprint density at radius 2 is 1.92 bits per heavy atom. The number of nitrogens with zero attached hydrogens (tertiary/aromatic N) is 2. The fourth-order valence-electron chi connectivity index (χ4n) is 4.69. The van der Waals surface area contributed by atoms with Crippen molar-refractivity contribution in [1.82, 2.24) is 9.55 Å². The number of ether oxygens (including phenoxy) is 2. The minimum Gasteiger partial charge on any atom is -0.464 e. The van der Waals surface area contributed by atoms with E-state index in [0.717, 1.165) is 23.2 Å². The van der Waals surface area contributed by atoms with Gasteiger partial charge in [0, 0.05) is 25.1 Å². The summed E-state index contributed by atoms with van der Waals surface area (Å²) in [6, 6.07) is 20.0. The molecule has 1 aliphatic rings. The summed E-state index contributed by atoms with van der Waals surface area (Å²) < 4.78 is 12.5. The Morgan fingerprint density at radius 1 is 1.11 bits per heavy atom. The molecule has 1 atom stereocenters. The predicted octanol–water partition coefficient (Wildman–Crippen LogP) is 4.91. The van der Waals surface area contributed by atoms with Gasteiger partial charge in [0.05, 0.1) is 24.7 Å². The average molecular weight is 499 g/mol. The van der Waals surface area contributed by atoms with Gasteiger partial charge in [0.2, 0.25) is 0 Å². The quantitative estimate of drug-likeness (QED) is 0.335. The molecule has 0 spiro atoms. The van der Waals surface area contributed by atoms with Crippen molar-refractivity contribution in [1.29, 1.82) is 0 Å². The topological polar surface area (TPSA) is 94.5 Å². The minimum atomic E-state index is -0.550. The Kier molecular flexibility index (Phi) is 7.18. The first kappa shape index (κ1) is 24.5. The molecule has 0 aliphatic carbocycles. The van der Waals surface area contributed by atoms with Crippen molar-refractivity contribution < 1.29 is 19.1 Å². The Bertz CT molecular complexity index is 1420. The molecule has 0 saturated carbocycles. The molecule has 1 saturated heterocycles. The summed E-state index contributed by atoms with van der Waals surface area (Å²) in [5, 5.41) is 7.03. The molecule has 1 fully saturated rings. The van der Waals surface area contributed by atoms with Crippen LogP contribution in [0.15, 0.2) is 66.9 Å². The van der Waals surface area contributed by atoms with Gasteiger partial charge in [-0.2, -0.15) is 0 Å². The van der Waals surface area contributed by atoms with E-state index in [4.69, 9.17) is 14.5 Å². The van der Waals surface area contributed by atoms with Gasteiger partial charge in [0.1, 0.15) is 11.8 Å². The number of anilines is 2. The van der Waals surface area contributed by atoms with E-state index in [0.29, 0.717) is 42.8 Å². The molecule has 8 nitrogen and oxygen atoms in total. The van der Waals surface area contributed by atoms with Gasteiger partial charge in [0.25, 0.3) is 5.91 Å². The Morgan fingerprint density at radius 3 is 2.65 bits per heavy atom. The van der Waals surface area contributed by atoms with Gasteiger partial charge in [-0.25, -0.2) is 9.78 Å². The second kappa shape index (κ2) is 10.8. The molecule has 190 valence electrons. The molecule has 2 aromatic heterocycles. The summed E-state index contributed by atoms with van der Waals surface area (Å²) >= 11 is 0. The number of amides is 1. The van der Waals surface area contributed by atoms with Gasteiger partial charge >= 0.3 is 5.97 Å². The lowest BCUT2D eigenvalue weighted by molar-refractivity contribution is -0.124. The highest BCUT2D eigenvalue weighted by Crippen LogP contribution is 2.34. The number of aryl methyl sites for hydroxylation is 1. The Labute approximate surface area is 215 Å². The molecule has 8 heteroatoms. The minimum absolute atomic E-state index is 0.246. The SMILES string of the molecule is COC(=O)c1c(NC(=O)C2CCCO2)c2cc(NCc3cccc(C)c3)cnc2n1Cc1ccccc1. The summed E-state index contributed by atoms with van der Waals surface area (Å²) in [6.07, 6.45) is 2.66. The number of rotatable bonds is 8. The number of esters is 1. The van der Waals surface area contributed by atoms with Crippen LogP contribution in [0, 0.1) is 6.92 Å². The number of benzene rings is 2. The van der Waals surface area contributed by atoms with Crippen molar-refractivity contribution in [2.75, 3.05) is 24.4 Å². The molecule has 5 rings (SSSR count). The van der Waals surface area contributed by atoms with E-state index in [9.17, 15) is 9.59 Å². The van der Waals surface area contributed by atoms with Crippen LogP contribution in [0.25, 0.3) is 11.0 Å². The predicted molar refractivity (Wildman–Crippen MR) is 143 cm³/mol. The highest BCUT2D eigenvalue weighted by Gasteiger charge is 2.30. The van der Waals surface area contributed by atoms with Crippen molar-refractivity contribution in [3.8, 4) is 0 Å². The molecule has 37 heavy (non-hydrogen) atoms. The highest BCUT2D eigenvalue weighted by molar-refractivity contribution is 6.12. The molecule has 1 unspecified atom stereocenters. The number of carbonyl (C=O) groups is 2. The normalized spacial score (nSPS) is 15.0. The van der Waals surface area contributed by atoms with Crippen LogP contribution in [0.2, 0.25) is 0 Å². The van der Waals surface area contributed by atoms with Gasteiger partial charge in [-0.1, -0.05) is 60.2 Å². The Balaban J connectivity index is 1.58. The summed E-state index contributed by atoms with van der Waals surface area (Å²) in [7, 11) is 1.33. The molecule has 2 N–H and O–H groups in total. The van der Waals surface area contributed by atoms with Crippen molar-refractivity contribution >= 4 is 34.3 Å². The van der Waals surface area contributed by atoms with Gasteiger partial charge in [-0.3, -0.25) is 4.79 Å². The summed E-state index contributed by atoms with van der Waals surface area (Å²) in [4.78, 5) is 30.9. The van der Waals surface area contributed by atoms with Crippen LogP contribution >= 0.6 is 0 Å². The second-order valence-corrected chi connectivity index (χ2v) is 9.22. The lowest BCUT2D eigenvalue weighted by Gasteiger charge is -2.13. The first-order chi connectivity index (χ1) is 18.0. The summed E-state index contributed by atoms with van der Waals surface area (Å²) in [5.74, 6) is -0.828. The van der Waals surface area contributed by atoms with Gasteiger partial charge < -0.3 is 24.7 Å². The van der Waals surface area contributed by atoms with Gasteiger partial charge in [-0.15, -0.1) is 0 Å². The third-order valence-electron chi connectivity index (χ3n) is 6.51. The molecule has 0 bridgehead atoms. The van der Waals surface area contributed by atoms with E-state index in [2.05, 4.69) is 35.8 Å². The van der Waals surface area contributed by atoms with Gasteiger partial charge in [-0.05, 0) is 37.0 Å². The first-order valence-corrected chi connectivity index (χ1v) is 12.4. The zero-order valence-corrected chi connectivity index (χ0v) is 21.0. The number of fused-ring (bicyclic) bond motifs is 1. The van der Waals surface area contributed by atoms with E-state index >= 15 is 0 Å². The third kappa shape index (κ3) is 5.34. The Hall–Kier alpha value is -4.17. The van der Waals surface area contributed by atoms with Crippen molar-refractivity contribution in [2.24, 2.45) is 0 Å². The van der Waals surface area contributed by atoms with Gasteiger partial charge in [0.15, 0.2) is 5.69 Å². The third-order valence-corrected chi connectivity index (χ3v) is 6.51. The molecular formula is C29H30N4O4. The molecule has 2 aromatic carbocycles. The number of carbonyl (C=O) groups excluding carboxylic acids is 2. The molecule has 1 aliphatic heterocycles.